The minimum Gasteiger partial charge on any atom is -0.316 e. The lowest BCUT2D eigenvalue weighted by Crippen LogP contribution is -2.16. The Morgan fingerprint density at radius 1 is 1.22 bits per heavy atom. The van der Waals surface area contributed by atoms with Crippen molar-refractivity contribution in [1.82, 2.24) is 4.57 Å². The lowest BCUT2D eigenvalue weighted by Gasteiger charge is -2.02. The molecule has 0 spiro atoms. The summed E-state index contributed by atoms with van der Waals surface area (Å²) < 4.78 is 3.13. The van der Waals surface area contributed by atoms with Crippen LogP contribution in [0.5, 0.6) is 0 Å². The van der Waals surface area contributed by atoms with E-state index in [1.807, 2.05) is 49.4 Å². The van der Waals surface area contributed by atoms with Gasteiger partial charge in [0.1, 0.15) is 0 Å². The number of aryl methyl sites for hydroxylation is 2. The van der Waals surface area contributed by atoms with Crippen molar-refractivity contribution >= 4 is 39.1 Å². The highest BCUT2D eigenvalue weighted by atomic mass is 35.5. The van der Waals surface area contributed by atoms with Crippen molar-refractivity contribution in [2.24, 2.45) is 4.99 Å². The van der Waals surface area contributed by atoms with Crippen LogP contribution in [0.25, 0.3) is 10.2 Å². The van der Waals surface area contributed by atoms with Crippen LogP contribution in [0.3, 0.4) is 0 Å². The van der Waals surface area contributed by atoms with E-state index in [2.05, 4.69) is 16.5 Å². The van der Waals surface area contributed by atoms with E-state index < -0.39 is 0 Å². The molecule has 0 saturated heterocycles. The molecule has 0 radical (unpaired) electrons. The second-order valence-corrected chi connectivity index (χ2v) is 6.88. The molecule has 2 aromatic carbocycles. The smallest absolute Gasteiger partial charge is 0.279 e. The number of nitrogens with zero attached hydrogens (tertiary/aromatic N) is 2. The Labute approximate surface area is 143 Å². The topological polar surface area (TPSA) is 34.4 Å². The number of carbonyl (C=O) groups excluding carboxylic acids is 1. The largest absolute Gasteiger partial charge is 0.316 e. The number of hydrogen-bond donors (Lipinski definition) is 0. The van der Waals surface area contributed by atoms with E-state index in [-0.39, 0.29) is 5.91 Å². The Kier molecular flexibility index (Phi) is 4.64. The minimum atomic E-state index is -0.215. The molecule has 1 amide bonds. The summed E-state index contributed by atoms with van der Waals surface area (Å²) in [6, 6.07) is 13.3. The monoisotopic (exact) mass is 344 g/mol. The lowest BCUT2D eigenvalue weighted by molar-refractivity contribution is 0.0998. The van der Waals surface area contributed by atoms with E-state index in [4.69, 9.17) is 11.6 Å². The summed E-state index contributed by atoms with van der Waals surface area (Å²) in [6.45, 7) is 4.93. The van der Waals surface area contributed by atoms with Crippen LogP contribution in [0.2, 0.25) is 5.02 Å². The molecule has 0 unspecified atom stereocenters. The highest BCUT2D eigenvalue weighted by Crippen LogP contribution is 2.22. The Hall–Kier alpha value is -1.91. The van der Waals surface area contributed by atoms with Crippen LogP contribution in [0.4, 0.5) is 0 Å². The highest BCUT2D eigenvalue weighted by molar-refractivity contribution is 7.16. The fourth-order valence-electron chi connectivity index (χ4n) is 2.42. The van der Waals surface area contributed by atoms with Gasteiger partial charge in [-0.1, -0.05) is 47.6 Å². The molecule has 3 rings (SSSR count). The molecule has 0 fully saturated rings. The first-order valence-electron chi connectivity index (χ1n) is 7.53. The second-order valence-electron chi connectivity index (χ2n) is 5.43. The molecular weight excluding hydrogens is 328 g/mol. The molecule has 1 heterocycles. The van der Waals surface area contributed by atoms with Crippen molar-refractivity contribution in [3.8, 4) is 0 Å². The average molecular weight is 345 g/mol. The summed E-state index contributed by atoms with van der Waals surface area (Å²) in [5.74, 6) is -0.215. The molecule has 0 atom stereocenters. The Balaban J connectivity index is 2.12. The van der Waals surface area contributed by atoms with Crippen LogP contribution in [-0.4, -0.2) is 10.5 Å². The van der Waals surface area contributed by atoms with Gasteiger partial charge in [0.25, 0.3) is 5.91 Å². The first-order valence-corrected chi connectivity index (χ1v) is 8.72. The van der Waals surface area contributed by atoms with Crippen molar-refractivity contribution in [3.05, 3.63) is 63.4 Å². The van der Waals surface area contributed by atoms with Crippen LogP contribution in [0.1, 0.15) is 29.3 Å². The molecular formula is C18H17ClN2OS. The molecule has 0 aliphatic carbocycles. The van der Waals surface area contributed by atoms with Gasteiger partial charge in [-0.25, -0.2) is 0 Å². The van der Waals surface area contributed by atoms with Crippen LogP contribution in [0, 0.1) is 6.92 Å². The summed E-state index contributed by atoms with van der Waals surface area (Å²) in [5, 5.41) is 0.693. The fraction of sp³-hybridized carbons (Fsp3) is 0.222. The van der Waals surface area contributed by atoms with Crippen molar-refractivity contribution in [3.63, 3.8) is 0 Å². The number of aromatic nitrogens is 1. The number of amides is 1. The normalized spacial score (nSPS) is 12.0. The lowest BCUT2D eigenvalue weighted by atomic mass is 10.1. The van der Waals surface area contributed by atoms with E-state index in [9.17, 15) is 4.79 Å². The van der Waals surface area contributed by atoms with Crippen LogP contribution in [0.15, 0.2) is 47.5 Å². The van der Waals surface area contributed by atoms with Gasteiger partial charge in [0.2, 0.25) is 0 Å². The number of hydrogen-bond acceptors (Lipinski definition) is 2. The number of carbonyl (C=O) groups is 1. The fourth-order valence-corrected chi connectivity index (χ4v) is 3.75. The molecule has 3 nitrogen and oxygen atoms in total. The Bertz CT molecular complexity index is 922. The molecule has 1 aromatic heterocycles. The van der Waals surface area contributed by atoms with Crippen LogP contribution >= 0.6 is 22.9 Å². The van der Waals surface area contributed by atoms with Gasteiger partial charge < -0.3 is 4.57 Å². The molecule has 118 valence electrons. The second kappa shape index (κ2) is 6.69. The van der Waals surface area contributed by atoms with Gasteiger partial charge >= 0.3 is 0 Å². The zero-order valence-electron chi connectivity index (χ0n) is 13.0. The quantitative estimate of drug-likeness (QED) is 0.671. The van der Waals surface area contributed by atoms with Gasteiger partial charge in [-0.15, -0.1) is 0 Å². The maximum atomic E-state index is 12.4. The van der Waals surface area contributed by atoms with E-state index in [1.54, 1.807) is 0 Å². The average Bonchev–Trinajstić information content (AvgIpc) is 2.85. The predicted molar refractivity (Wildman–Crippen MR) is 96.2 cm³/mol. The minimum absolute atomic E-state index is 0.215. The number of benzene rings is 2. The van der Waals surface area contributed by atoms with Gasteiger partial charge in [0.15, 0.2) is 4.80 Å². The van der Waals surface area contributed by atoms with Crippen molar-refractivity contribution in [1.29, 1.82) is 0 Å². The van der Waals surface area contributed by atoms with Gasteiger partial charge in [-0.05, 0) is 43.7 Å². The summed E-state index contributed by atoms with van der Waals surface area (Å²) in [5.41, 5.74) is 2.80. The van der Waals surface area contributed by atoms with Gasteiger partial charge in [0.05, 0.1) is 10.2 Å². The SMILES string of the molecule is CCCn1c(=NC(=O)c2ccc(C)cc2)sc2cc(Cl)ccc21. The molecule has 0 N–H and O–H groups in total. The molecule has 0 aliphatic heterocycles. The maximum absolute atomic E-state index is 12.4. The van der Waals surface area contributed by atoms with Crippen molar-refractivity contribution in [2.75, 3.05) is 0 Å². The Morgan fingerprint density at radius 3 is 2.65 bits per heavy atom. The van der Waals surface area contributed by atoms with Gasteiger partial charge in [-0.3, -0.25) is 4.79 Å². The summed E-state index contributed by atoms with van der Waals surface area (Å²) in [6.07, 6.45) is 0.973. The molecule has 5 heteroatoms. The third-order valence-electron chi connectivity index (χ3n) is 3.59. The van der Waals surface area contributed by atoms with Crippen LogP contribution < -0.4 is 4.80 Å². The number of rotatable bonds is 3. The molecule has 0 saturated carbocycles. The highest BCUT2D eigenvalue weighted by Gasteiger charge is 2.09. The zero-order valence-corrected chi connectivity index (χ0v) is 14.6. The van der Waals surface area contributed by atoms with E-state index in [1.165, 1.54) is 11.3 Å². The van der Waals surface area contributed by atoms with Gasteiger partial charge in [-0.2, -0.15) is 4.99 Å². The molecule has 0 bridgehead atoms. The molecule has 3 aromatic rings. The first kappa shape index (κ1) is 16.0. The number of halogens is 1. The predicted octanol–water partition coefficient (Wildman–Crippen LogP) is 4.82. The van der Waals surface area contributed by atoms with Crippen molar-refractivity contribution in [2.45, 2.75) is 26.8 Å². The third kappa shape index (κ3) is 3.38. The zero-order chi connectivity index (χ0) is 16.4. The van der Waals surface area contributed by atoms with Crippen LogP contribution in [-0.2, 0) is 6.54 Å². The third-order valence-corrected chi connectivity index (χ3v) is 4.86. The summed E-state index contributed by atoms with van der Waals surface area (Å²) >= 11 is 7.57. The van der Waals surface area contributed by atoms with E-state index in [0.717, 1.165) is 33.5 Å². The summed E-state index contributed by atoms with van der Waals surface area (Å²) in [7, 11) is 0. The standard InChI is InChI=1S/C18H17ClN2OS/c1-3-10-21-15-9-8-14(19)11-16(15)23-18(21)20-17(22)13-6-4-12(2)5-7-13/h4-9,11H,3,10H2,1-2H3. The van der Waals surface area contributed by atoms with Crippen molar-refractivity contribution < 1.29 is 4.79 Å². The maximum Gasteiger partial charge on any atom is 0.279 e. The summed E-state index contributed by atoms with van der Waals surface area (Å²) in [4.78, 5) is 17.5. The van der Waals surface area contributed by atoms with E-state index >= 15 is 0 Å². The Morgan fingerprint density at radius 2 is 1.96 bits per heavy atom. The number of thiazole rings is 1. The van der Waals surface area contributed by atoms with Gasteiger partial charge in [0, 0.05) is 17.1 Å². The molecule has 0 aliphatic rings. The number of fused-ring (bicyclic) bond motifs is 1. The van der Waals surface area contributed by atoms with E-state index in [0.29, 0.717) is 10.6 Å². The first-order chi connectivity index (χ1) is 11.1. The molecule has 23 heavy (non-hydrogen) atoms.